The summed E-state index contributed by atoms with van der Waals surface area (Å²) in [6.45, 7) is -0.218. The lowest BCUT2D eigenvalue weighted by Gasteiger charge is -2.15. The molecule has 0 bridgehead atoms. The number of benzene rings is 2. The standard InChI is InChI=1S/C26H20Cl2N6O6S4/c27-15-7-3-1-5-13(15)21(37)31-29-17(35)9-11-33-23(39)19(43-25(33)41)20-24(40)34(26(42)44-20)12-10-18(36)30-32-22(38)14-6-2-4-8-16(14)28/h1-8H,9-12H2,(H,29,35)(H,30,36)(H,31,37)(H,32,38). The van der Waals surface area contributed by atoms with Gasteiger partial charge in [-0.25, -0.2) is 0 Å². The molecule has 2 aromatic carbocycles. The largest absolute Gasteiger partial charge is 0.292 e. The lowest BCUT2D eigenvalue weighted by atomic mass is 10.2. The van der Waals surface area contributed by atoms with E-state index in [1.165, 1.54) is 34.1 Å². The number of nitrogens with one attached hydrogen (secondary N) is 4. The Hall–Kier alpha value is -3.54. The van der Waals surface area contributed by atoms with Gasteiger partial charge in [-0.15, -0.1) is 0 Å². The maximum absolute atomic E-state index is 13.1. The van der Waals surface area contributed by atoms with Gasteiger partial charge in [-0.1, -0.05) is 95.4 Å². The lowest BCUT2D eigenvalue weighted by Crippen LogP contribution is -2.43. The molecule has 2 fully saturated rings. The van der Waals surface area contributed by atoms with Crippen molar-refractivity contribution in [2.45, 2.75) is 12.8 Å². The normalized spacial score (nSPS) is 16.3. The van der Waals surface area contributed by atoms with Crippen LogP contribution in [0.15, 0.2) is 58.3 Å². The highest BCUT2D eigenvalue weighted by Gasteiger charge is 2.42. The quantitative estimate of drug-likeness (QED) is 0.183. The summed E-state index contributed by atoms with van der Waals surface area (Å²) in [6.07, 6.45) is -0.406. The summed E-state index contributed by atoms with van der Waals surface area (Å²) in [5, 5.41) is 0.423. The van der Waals surface area contributed by atoms with Gasteiger partial charge in [-0.2, -0.15) is 0 Å². The van der Waals surface area contributed by atoms with Crippen LogP contribution in [0.25, 0.3) is 0 Å². The minimum atomic E-state index is -0.615. The molecule has 2 aliphatic heterocycles. The van der Waals surface area contributed by atoms with E-state index in [-0.39, 0.29) is 65.6 Å². The van der Waals surface area contributed by atoms with E-state index in [4.69, 9.17) is 47.6 Å². The predicted molar refractivity (Wildman–Crippen MR) is 174 cm³/mol. The van der Waals surface area contributed by atoms with Gasteiger partial charge in [0.05, 0.1) is 31.0 Å². The number of amides is 6. The molecule has 0 radical (unpaired) electrons. The molecular formula is C26H20Cl2N6O6S4. The van der Waals surface area contributed by atoms with Crippen LogP contribution in [0.4, 0.5) is 0 Å². The van der Waals surface area contributed by atoms with Crippen LogP contribution in [0.3, 0.4) is 0 Å². The number of halogens is 2. The molecule has 0 unspecified atom stereocenters. The summed E-state index contributed by atoms with van der Waals surface area (Å²) in [7, 11) is 0. The number of hydrogen-bond donors (Lipinski definition) is 4. The smallest absolute Gasteiger partial charge is 0.271 e. The first-order chi connectivity index (χ1) is 21.0. The highest BCUT2D eigenvalue weighted by Crippen LogP contribution is 2.42. The number of rotatable bonds is 8. The second-order valence-corrected chi connectivity index (χ2v) is 12.9. The first-order valence-corrected chi connectivity index (χ1v) is 15.7. The molecule has 2 aliphatic rings. The molecule has 2 saturated heterocycles. The molecule has 44 heavy (non-hydrogen) atoms. The molecule has 6 amide bonds. The van der Waals surface area contributed by atoms with E-state index in [9.17, 15) is 28.8 Å². The highest BCUT2D eigenvalue weighted by molar-refractivity contribution is 8.29. The first-order valence-electron chi connectivity index (χ1n) is 12.5. The number of hydrazine groups is 2. The average molecular weight is 712 g/mol. The van der Waals surface area contributed by atoms with E-state index in [0.717, 1.165) is 23.5 Å². The van der Waals surface area contributed by atoms with Gasteiger partial charge >= 0.3 is 0 Å². The molecule has 4 N–H and O–H groups in total. The second-order valence-electron chi connectivity index (χ2n) is 8.77. The van der Waals surface area contributed by atoms with Crippen LogP contribution in [0.5, 0.6) is 0 Å². The van der Waals surface area contributed by atoms with Gasteiger partial charge in [-0.05, 0) is 24.3 Å². The molecule has 0 saturated carbocycles. The van der Waals surface area contributed by atoms with Gasteiger partial charge in [0.25, 0.3) is 23.6 Å². The summed E-state index contributed by atoms with van der Waals surface area (Å²) in [5.41, 5.74) is 9.36. The number of thioether (sulfide) groups is 2. The fourth-order valence-corrected chi connectivity index (χ4v) is 6.90. The predicted octanol–water partition coefficient (Wildman–Crippen LogP) is 2.93. The summed E-state index contributed by atoms with van der Waals surface area (Å²) in [4.78, 5) is 77.7. The third-order valence-corrected chi connectivity index (χ3v) is 9.58. The SMILES string of the molecule is O=C(CCN1C(=O)C(=C2SC(=S)N(CCC(=O)NNC(=O)c3ccccc3Cl)C2=O)SC1=S)NNC(=O)c1ccccc1Cl. The van der Waals surface area contributed by atoms with Crippen molar-refractivity contribution in [1.82, 2.24) is 31.5 Å². The molecule has 228 valence electrons. The fourth-order valence-electron chi connectivity index (χ4n) is 3.69. The summed E-state index contributed by atoms with van der Waals surface area (Å²) in [6, 6.07) is 12.6. The summed E-state index contributed by atoms with van der Waals surface area (Å²) in [5.74, 6) is -3.56. The van der Waals surface area contributed by atoms with Gasteiger partial charge in [0.1, 0.15) is 8.64 Å². The van der Waals surface area contributed by atoms with Crippen molar-refractivity contribution in [3.8, 4) is 0 Å². The van der Waals surface area contributed by atoms with Crippen molar-refractivity contribution < 1.29 is 28.8 Å². The Balaban J connectivity index is 1.27. The van der Waals surface area contributed by atoms with Crippen LogP contribution >= 0.6 is 71.2 Å². The van der Waals surface area contributed by atoms with Crippen LogP contribution in [0.1, 0.15) is 33.6 Å². The zero-order chi connectivity index (χ0) is 32.0. The monoisotopic (exact) mass is 710 g/mol. The molecule has 0 aliphatic carbocycles. The van der Waals surface area contributed by atoms with Crippen molar-refractivity contribution in [2.24, 2.45) is 0 Å². The number of carbonyl (C=O) groups excluding carboxylic acids is 6. The van der Waals surface area contributed by atoms with Crippen LogP contribution < -0.4 is 21.7 Å². The third kappa shape index (κ3) is 7.94. The van der Waals surface area contributed by atoms with E-state index < -0.39 is 35.4 Å². The van der Waals surface area contributed by atoms with Gasteiger partial charge in [0.15, 0.2) is 0 Å². The van der Waals surface area contributed by atoms with E-state index in [1.54, 1.807) is 24.3 Å². The zero-order valence-electron chi connectivity index (χ0n) is 22.2. The minimum absolute atomic E-state index is 0.0544. The van der Waals surface area contributed by atoms with Gasteiger partial charge in [0.2, 0.25) is 11.8 Å². The molecular weight excluding hydrogens is 691 g/mol. The van der Waals surface area contributed by atoms with Gasteiger partial charge in [-0.3, -0.25) is 60.3 Å². The fraction of sp³-hybridized carbons (Fsp3) is 0.154. The molecule has 0 spiro atoms. The van der Waals surface area contributed by atoms with Crippen LogP contribution in [-0.4, -0.2) is 67.0 Å². The average Bonchev–Trinajstić information content (AvgIpc) is 3.44. The molecule has 0 atom stereocenters. The molecule has 18 heteroatoms. The summed E-state index contributed by atoms with van der Waals surface area (Å²) >= 11 is 24.3. The Morgan fingerprint density at radius 3 is 1.36 bits per heavy atom. The Morgan fingerprint density at radius 2 is 1.00 bits per heavy atom. The number of hydrogen-bond acceptors (Lipinski definition) is 10. The highest BCUT2D eigenvalue weighted by atomic mass is 35.5. The number of nitrogens with zero attached hydrogens (tertiary/aromatic N) is 2. The molecule has 0 aromatic heterocycles. The Kier molecular flexibility index (Phi) is 11.3. The van der Waals surface area contributed by atoms with Crippen molar-refractivity contribution in [3.63, 3.8) is 0 Å². The van der Waals surface area contributed by atoms with Crippen molar-refractivity contribution in [3.05, 3.63) is 79.5 Å². The Labute approximate surface area is 279 Å². The minimum Gasteiger partial charge on any atom is -0.292 e. The van der Waals surface area contributed by atoms with Gasteiger partial charge in [0, 0.05) is 25.9 Å². The Morgan fingerprint density at radius 1 is 0.636 bits per heavy atom. The third-order valence-electron chi connectivity index (χ3n) is 5.90. The number of carbonyl (C=O) groups is 6. The molecule has 12 nitrogen and oxygen atoms in total. The first kappa shape index (κ1) is 33.4. The van der Waals surface area contributed by atoms with E-state index >= 15 is 0 Å². The Bertz CT molecular complexity index is 1520. The zero-order valence-corrected chi connectivity index (χ0v) is 27.0. The van der Waals surface area contributed by atoms with E-state index in [0.29, 0.717) is 0 Å². The molecule has 4 rings (SSSR count). The van der Waals surface area contributed by atoms with Crippen LogP contribution in [-0.2, 0) is 19.2 Å². The van der Waals surface area contributed by atoms with Crippen LogP contribution in [0, 0.1) is 0 Å². The van der Waals surface area contributed by atoms with Crippen molar-refractivity contribution in [1.29, 1.82) is 0 Å². The van der Waals surface area contributed by atoms with E-state index in [1.807, 2.05) is 0 Å². The van der Waals surface area contributed by atoms with Crippen LogP contribution in [0.2, 0.25) is 10.0 Å². The number of thiocarbonyl (C=S) groups is 2. The van der Waals surface area contributed by atoms with Gasteiger partial charge < -0.3 is 0 Å². The molecule has 2 aromatic rings. The molecule has 2 heterocycles. The maximum Gasteiger partial charge on any atom is 0.271 e. The lowest BCUT2D eigenvalue weighted by molar-refractivity contribution is -0.126. The van der Waals surface area contributed by atoms with E-state index in [2.05, 4.69) is 21.7 Å². The maximum atomic E-state index is 13.1. The van der Waals surface area contributed by atoms with Crippen molar-refractivity contribution >= 4 is 115 Å². The van der Waals surface area contributed by atoms with Crippen molar-refractivity contribution in [2.75, 3.05) is 13.1 Å². The summed E-state index contributed by atoms with van der Waals surface area (Å²) < 4.78 is 0.272. The second kappa shape index (κ2) is 15.0. The topological polar surface area (TPSA) is 157 Å².